The quantitative estimate of drug-likeness (QED) is 0.527. The first-order valence-electron chi connectivity index (χ1n) is 10.4. The van der Waals surface area contributed by atoms with Crippen molar-refractivity contribution in [3.05, 3.63) is 34.9 Å². The molecule has 0 N–H and O–H groups in total. The third-order valence-corrected chi connectivity index (χ3v) is 6.54. The second kappa shape index (κ2) is 8.36. The molecular formula is C23H36. The van der Waals surface area contributed by atoms with Gasteiger partial charge < -0.3 is 0 Å². The molecule has 3 rings (SSSR count). The fourth-order valence-corrected chi connectivity index (χ4v) is 5.04. The van der Waals surface area contributed by atoms with Gasteiger partial charge in [-0.05, 0) is 79.4 Å². The number of hydrogen-bond donors (Lipinski definition) is 0. The topological polar surface area (TPSA) is 0 Å². The monoisotopic (exact) mass is 312 g/mol. The Morgan fingerprint density at radius 3 is 2.39 bits per heavy atom. The summed E-state index contributed by atoms with van der Waals surface area (Å²) in [6, 6.07) is 7.56. The van der Waals surface area contributed by atoms with Crippen molar-refractivity contribution in [1.29, 1.82) is 0 Å². The van der Waals surface area contributed by atoms with Gasteiger partial charge in [-0.1, -0.05) is 64.2 Å². The van der Waals surface area contributed by atoms with Gasteiger partial charge in [0.15, 0.2) is 0 Å². The molecule has 0 aromatic heterocycles. The van der Waals surface area contributed by atoms with Crippen LogP contribution in [0.15, 0.2) is 18.2 Å². The van der Waals surface area contributed by atoms with Crippen LogP contribution in [0, 0.1) is 11.8 Å². The fourth-order valence-electron chi connectivity index (χ4n) is 5.04. The maximum absolute atomic E-state index is 2.59. The molecule has 1 aromatic carbocycles. The van der Waals surface area contributed by atoms with Crippen molar-refractivity contribution in [2.75, 3.05) is 0 Å². The minimum Gasteiger partial charge on any atom is -0.0654 e. The molecule has 0 nitrogen and oxygen atoms in total. The molecule has 0 aliphatic heterocycles. The zero-order chi connectivity index (χ0) is 16.1. The van der Waals surface area contributed by atoms with Gasteiger partial charge in [0.25, 0.3) is 0 Å². The van der Waals surface area contributed by atoms with E-state index >= 15 is 0 Å². The highest BCUT2D eigenvalue weighted by molar-refractivity contribution is 5.36. The molecule has 1 atom stereocenters. The lowest BCUT2D eigenvalue weighted by Crippen LogP contribution is -2.16. The van der Waals surface area contributed by atoms with Crippen LogP contribution >= 0.6 is 0 Å². The van der Waals surface area contributed by atoms with Crippen molar-refractivity contribution < 1.29 is 0 Å². The summed E-state index contributed by atoms with van der Waals surface area (Å²) in [5.41, 5.74) is 5.01. The van der Waals surface area contributed by atoms with E-state index in [2.05, 4.69) is 32.0 Å². The smallest absolute Gasteiger partial charge is 0.0162 e. The zero-order valence-corrected chi connectivity index (χ0v) is 15.4. The van der Waals surface area contributed by atoms with Crippen LogP contribution in [-0.2, 0) is 12.8 Å². The van der Waals surface area contributed by atoms with Gasteiger partial charge in [-0.2, -0.15) is 0 Å². The molecule has 1 saturated carbocycles. The molecule has 1 aromatic rings. The Hall–Kier alpha value is -0.780. The molecule has 0 amide bonds. The van der Waals surface area contributed by atoms with E-state index in [1.807, 2.05) is 0 Å². The van der Waals surface area contributed by atoms with Crippen LogP contribution in [0.3, 0.4) is 0 Å². The van der Waals surface area contributed by atoms with E-state index in [1.54, 1.807) is 16.7 Å². The first kappa shape index (κ1) is 17.1. The van der Waals surface area contributed by atoms with Crippen LogP contribution in [-0.4, -0.2) is 0 Å². The standard InChI is InChI=1S/C23H36/c1-3-5-7-19-10-13-23-17-22(15-14-21(23)16-19)20-11-8-18(6-4-2)9-12-20/h14-15,17-20H,3-13,16H2,1-2H3. The summed E-state index contributed by atoms with van der Waals surface area (Å²) in [5, 5.41) is 0. The fraction of sp³-hybridized carbons (Fsp3) is 0.739. The largest absolute Gasteiger partial charge is 0.0654 e. The van der Waals surface area contributed by atoms with E-state index in [4.69, 9.17) is 0 Å². The lowest BCUT2D eigenvalue weighted by atomic mass is 9.75. The number of rotatable bonds is 6. The van der Waals surface area contributed by atoms with E-state index in [9.17, 15) is 0 Å². The van der Waals surface area contributed by atoms with E-state index in [0.717, 1.165) is 17.8 Å². The van der Waals surface area contributed by atoms with Gasteiger partial charge in [0.05, 0.1) is 0 Å². The Kier molecular flexibility index (Phi) is 6.20. The number of fused-ring (bicyclic) bond motifs is 1. The van der Waals surface area contributed by atoms with Crippen molar-refractivity contribution in [3.8, 4) is 0 Å². The summed E-state index contributed by atoms with van der Waals surface area (Å²) in [5.74, 6) is 2.83. The summed E-state index contributed by atoms with van der Waals surface area (Å²) >= 11 is 0. The molecule has 23 heavy (non-hydrogen) atoms. The Balaban J connectivity index is 1.59. The third kappa shape index (κ3) is 4.40. The molecule has 0 heterocycles. The predicted molar refractivity (Wildman–Crippen MR) is 101 cm³/mol. The highest BCUT2D eigenvalue weighted by Gasteiger charge is 2.24. The lowest BCUT2D eigenvalue weighted by Gasteiger charge is -2.30. The van der Waals surface area contributed by atoms with Gasteiger partial charge in [0.1, 0.15) is 0 Å². The number of aryl methyl sites for hydroxylation is 1. The predicted octanol–water partition coefficient (Wildman–Crippen LogP) is 7.06. The third-order valence-electron chi connectivity index (χ3n) is 6.54. The molecule has 0 bridgehead atoms. The maximum atomic E-state index is 2.59. The zero-order valence-electron chi connectivity index (χ0n) is 15.4. The molecule has 0 saturated heterocycles. The second-order valence-corrected chi connectivity index (χ2v) is 8.29. The summed E-state index contributed by atoms with van der Waals surface area (Å²) in [4.78, 5) is 0. The van der Waals surface area contributed by atoms with Crippen molar-refractivity contribution in [2.24, 2.45) is 11.8 Å². The Morgan fingerprint density at radius 1 is 0.826 bits per heavy atom. The molecule has 1 fully saturated rings. The number of hydrogen-bond acceptors (Lipinski definition) is 0. The molecule has 2 aliphatic carbocycles. The highest BCUT2D eigenvalue weighted by atomic mass is 14.3. The van der Waals surface area contributed by atoms with E-state index in [0.29, 0.717) is 0 Å². The normalized spacial score (nSPS) is 27.7. The van der Waals surface area contributed by atoms with Gasteiger partial charge in [0.2, 0.25) is 0 Å². The van der Waals surface area contributed by atoms with Gasteiger partial charge in [0, 0.05) is 0 Å². The molecule has 0 heteroatoms. The van der Waals surface area contributed by atoms with E-state index < -0.39 is 0 Å². The van der Waals surface area contributed by atoms with Crippen LogP contribution in [0.1, 0.15) is 101 Å². The minimum atomic E-state index is 0.853. The van der Waals surface area contributed by atoms with Crippen LogP contribution in [0.2, 0.25) is 0 Å². The molecule has 1 unspecified atom stereocenters. The van der Waals surface area contributed by atoms with Crippen molar-refractivity contribution in [3.63, 3.8) is 0 Å². The van der Waals surface area contributed by atoms with E-state index in [-0.39, 0.29) is 0 Å². The van der Waals surface area contributed by atoms with Crippen molar-refractivity contribution in [1.82, 2.24) is 0 Å². The summed E-state index contributed by atoms with van der Waals surface area (Å²) < 4.78 is 0. The first-order chi connectivity index (χ1) is 11.3. The molecule has 2 aliphatic rings. The summed E-state index contributed by atoms with van der Waals surface area (Å²) in [7, 11) is 0. The first-order valence-corrected chi connectivity index (χ1v) is 10.4. The average molecular weight is 313 g/mol. The SMILES string of the molecule is CCCCC1CCc2cc(C3CCC(CCC)CC3)ccc2C1. The summed E-state index contributed by atoms with van der Waals surface area (Å²) in [6.45, 7) is 4.65. The van der Waals surface area contributed by atoms with Gasteiger partial charge >= 0.3 is 0 Å². The van der Waals surface area contributed by atoms with Gasteiger partial charge in [-0.15, -0.1) is 0 Å². The Labute approximate surface area is 144 Å². The van der Waals surface area contributed by atoms with Gasteiger partial charge in [-0.25, -0.2) is 0 Å². The van der Waals surface area contributed by atoms with Crippen LogP contribution < -0.4 is 0 Å². The average Bonchev–Trinajstić information content (AvgIpc) is 2.60. The number of unbranched alkanes of at least 4 members (excludes halogenated alkanes) is 1. The Bertz CT molecular complexity index is 479. The molecule has 0 radical (unpaired) electrons. The van der Waals surface area contributed by atoms with Gasteiger partial charge in [-0.3, -0.25) is 0 Å². The Morgan fingerprint density at radius 2 is 1.65 bits per heavy atom. The second-order valence-electron chi connectivity index (χ2n) is 8.29. The molecular weight excluding hydrogens is 276 g/mol. The summed E-state index contributed by atoms with van der Waals surface area (Å²) in [6.07, 6.45) is 16.9. The van der Waals surface area contributed by atoms with Crippen molar-refractivity contribution in [2.45, 2.75) is 96.8 Å². The highest BCUT2D eigenvalue weighted by Crippen LogP contribution is 2.39. The van der Waals surface area contributed by atoms with Crippen LogP contribution in [0.5, 0.6) is 0 Å². The van der Waals surface area contributed by atoms with Crippen molar-refractivity contribution >= 4 is 0 Å². The molecule has 128 valence electrons. The maximum Gasteiger partial charge on any atom is -0.0162 e. The minimum absolute atomic E-state index is 0.853. The number of benzene rings is 1. The van der Waals surface area contributed by atoms with Crippen LogP contribution in [0.4, 0.5) is 0 Å². The van der Waals surface area contributed by atoms with Crippen LogP contribution in [0.25, 0.3) is 0 Å². The lowest BCUT2D eigenvalue weighted by molar-refractivity contribution is 0.308. The van der Waals surface area contributed by atoms with E-state index in [1.165, 1.54) is 77.0 Å². The molecule has 0 spiro atoms.